The van der Waals surface area contributed by atoms with Crippen LogP contribution in [0.25, 0.3) is 0 Å². The number of nitrogens with one attached hydrogen (secondary N) is 1. The van der Waals surface area contributed by atoms with Crippen LogP contribution < -0.4 is 5.32 Å². The third kappa shape index (κ3) is 3.06. The van der Waals surface area contributed by atoms with Gasteiger partial charge in [0.25, 0.3) is 0 Å². The first-order chi connectivity index (χ1) is 6.91. The summed E-state index contributed by atoms with van der Waals surface area (Å²) in [6.07, 6.45) is 0. The Labute approximate surface area is 93.4 Å². The van der Waals surface area contributed by atoms with E-state index in [2.05, 4.69) is 5.32 Å². The summed E-state index contributed by atoms with van der Waals surface area (Å²) in [6, 6.07) is 1.99. The van der Waals surface area contributed by atoms with Gasteiger partial charge < -0.3 is 5.32 Å². The van der Waals surface area contributed by atoms with Gasteiger partial charge in [-0.05, 0) is 18.9 Å². The van der Waals surface area contributed by atoms with Gasteiger partial charge in [-0.15, -0.1) is 0 Å². The van der Waals surface area contributed by atoms with Crippen molar-refractivity contribution >= 4 is 17.3 Å². The van der Waals surface area contributed by atoms with E-state index in [9.17, 15) is 8.78 Å². The van der Waals surface area contributed by atoms with Crippen molar-refractivity contribution in [3.8, 4) is 0 Å². The summed E-state index contributed by atoms with van der Waals surface area (Å²) in [5.74, 6) is -0.988. The smallest absolute Gasteiger partial charge is 0.150 e. The zero-order chi connectivity index (χ0) is 11.6. The highest BCUT2D eigenvalue weighted by atomic mass is 35.5. The van der Waals surface area contributed by atoms with E-state index in [0.717, 1.165) is 12.1 Å². The summed E-state index contributed by atoms with van der Waals surface area (Å²) in [6.45, 7) is 5.93. The van der Waals surface area contributed by atoms with Gasteiger partial charge in [0.1, 0.15) is 5.82 Å². The van der Waals surface area contributed by atoms with Crippen LogP contribution in [0.4, 0.5) is 14.5 Å². The van der Waals surface area contributed by atoms with Crippen molar-refractivity contribution in [3.05, 3.63) is 28.8 Å². The molecule has 0 aliphatic heterocycles. The van der Waals surface area contributed by atoms with Crippen LogP contribution in [0, 0.1) is 17.6 Å². The van der Waals surface area contributed by atoms with E-state index in [1.807, 2.05) is 20.8 Å². The van der Waals surface area contributed by atoms with Crippen LogP contribution in [0.1, 0.15) is 20.8 Å². The summed E-state index contributed by atoms with van der Waals surface area (Å²) >= 11 is 5.74. The minimum absolute atomic E-state index is 0.0694. The van der Waals surface area contributed by atoms with E-state index >= 15 is 0 Å². The minimum Gasteiger partial charge on any atom is -0.379 e. The summed E-state index contributed by atoms with van der Waals surface area (Å²) in [7, 11) is 0. The standard InChI is InChI=1S/C11H14ClF2N/c1-6(2)7(3)15-11-9(12)4-8(13)5-10(11)14/h4-7,15H,1-3H3. The van der Waals surface area contributed by atoms with E-state index in [4.69, 9.17) is 11.6 Å². The first kappa shape index (κ1) is 12.2. The number of anilines is 1. The minimum atomic E-state index is -0.666. The zero-order valence-corrected chi connectivity index (χ0v) is 9.70. The van der Waals surface area contributed by atoms with Gasteiger partial charge in [0.2, 0.25) is 0 Å². The summed E-state index contributed by atoms with van der Waals surface area (Å²) in [5.41, 5.74) is 0.166. The second-order valence-electron chi connectivity index (χ2n) is 3.92. The van der Waals surface area contributed by atoms with Gasteiger partial charge in [-0.1, -0.05) is 25.4 Å². The van der Waals surface area contributed by atoms with Crippen molar-refractivity contribution < 1.29 is 8.78 Å². The fraction of sp³-hybridized carbons (Fsp3) is 0.455. The SMILES string of the molecule is CC(C)C(C)Nc1c(F)cc(F)cc1Cl. The van der Waals surface area contributed by atoms with Gasteiger partial charge >= 0.3 is 0 Å². The molecule has 0 aromatic heterocycles. The third-order valence-electron chi connectivity index (χ3n) is 2.38. The lowest BCUT2D eigenvalue weighted by atomic mass is 10.1. The van der Waals surface area contributed by atoms with Crippen LogP contribution in [0.2, 0.25) is 5.02 Å². The Morgan fingerprint density at radius 2 is 1.80 bits per heavy atom. The lowest BCUT2D eigenvalue weighted by Crippen LogP contribution is -2.22. The van der Waals surface area contributed by atoms with E-state index in [0.29, 0.717) is 5.92 Å². The first-order valence-corrected chi connectivity index (χ1v) is 5.20. The molecule has 0 fully saturated rings. The Bertz CT molecular complexity index is 329. The molecule has 0 spiro atoms. The number of hydrogen-bond donors (Lipinski definition) is 1. The highest BCUT2D eigenvalue weighted by Crippen LogP contribution is 2.27. The maximum absolute atomic E-state index is 13.3. The molecule has 0 saturated heterocycles. The maximum Gasteiger partial charge on any atom is 0.150 e. The third-order valence-corrected chi connectivity index (χ3v) is 2.68. The molecule has 0 amide bonds. The fourth-order valence-corrected chi connectivity index (χ4v) is 1.32. The monoisotopic (exact) mass is 233 g/mol. The van der Waals surface area contributed by atoms with Crippen molar-refractivity contribution in [2.75, 3.05) is 5.32 Å². The maximum atomic E-state index is 13.3. The van der Waals surface area contributed by atoms with Crippen molar-refractivity contribution in [3.63, 3.8) is 0 Å². The molecule has 1 aromatic rings. The molecule has 1 nitrogen and oxygen atoms in total. The average molecular weight is 234 g/mol. The molecule has 1 atom stereocenters. The largest absolute Gasteiger partial charge is 0.379 e. The molecule has 0 saturated carbocycles. The zero-order valence-electron chi connectivity index (χ0n) is 8.94. The lowest BCUT2D eigenvalue weighted by molar-refractivity contribution is 0.548. The molecule has 0 radical (unpaired) electrons. The molecule has 84 valence electrons. The second kappa shape index (κ2) is 4.79. The predicted octanol–water partition coefficient (Wildman–Crippen LogP) is 4.07. The van der Waals surface area contributed by atoms with Gasteiger partial charge in [0, 0.05) is 12.1 Å². The van der Waals surface area contributed by atoms with E-state index in [-0.39, 0.29) is 16.8 Å². The lowest BCUT2D eigenvalue weighted by Gasteiger charge is -2.20. The van der Waals surface area contributed by atoms with Gasteiger partial charge in [-0.25, -0.2) is 8.78 Å². The molecule has 0 bridgehead atoms. The molecule has 0 aliphatic carbocycles. The molecule has 1 N–H and O–H groups in total. The Kier molecular flexibility index (Phi) is 3.91. The fourth-order valence-electron chi connectivity index (χ4n) is 1.07. The van der Waals surface area contributed by atoms with E-state index < -0.39 is 11.6 Å². The number of benzene rings is 1. The Morgan fingerprint density at radius 1 is 1.20 bits per heavy atom. The summed E-state index contributed by atoms with van der Waals surface area (Å²) < 4.78 is 26.1. The number of hydrogen-bond acceptors (Lipinski definition) is 1. The van der Waals surface area contributed by atoms with Gasteiger partial charge in [0.15, 0.2) is 5.82 Å². The van der Waals surface area contributed by atoms with Crippen LogP contribution >= 0.6 is 11.6 Å². The molecule has 1 unspecified atom stereocenters. The Balaban J connectivity index is 2.95. The van der Waals surface area contributed by atoms with E-state index in [1.165, 1.54) is 0 Å². The Morgan fingerprint density at radius 3 is 2.27 bits per heavy atom. The van der Waals surface area contributed by atoms with E-state index in [1.54, 1.807) is 0 Å². The molecule has 4 heteroatoms. The molecular formula is C11H14ClF2N. The molecule has 1 aromatic carbocycles. The molecule has 0 heterocycles. The highest BCUT2D eigenvalue weighted by molar-refractivity contribution is 6.33. The topological polar surface area (TPSA) is 12.0 Å². The highest BCUT2D eigenvalue weighted by Gasteiger charge is 2.14. The predicted molar refractivity (Wildman–Crippen MR) is 59.3 cm³/mol. The van der Waals surface area contributed by atoms with Crippen LogP contribution in [-0.2, 0) is 0 Å². The molecule has 15 heavy (non-hydrogen) atoms. The van der Waals surface area contributed by atoms with Crippen LogP contribution in [0.5, 0.6) is 0 Å². The quantitative estimate of drug-likeness (QED) is 0.830. The normalized spacial score (nSPS) is 13.0. The van der Waals surface area contributed by atoms with Gasteiger partial charge in [-0.3, -0.25) is 0 Å². The number of rotatable bonds is 3. The van der Waals surface area contributed by atoms with Crippen molar-refractivity contribution in [1.82, 2.24) is 0 Å². The molecule has 1 rings (SSSR count). The number of halogens is 3. The van der Waals surface area contributed by atoms with Crippen molar-refractivity contribution in [2.45, 2.75) is 26.8 Å². The average Bonchev–Trinajstić information content (AvgIpc) is 2.10. The summed E-state index contributed by atoms with van der Waals surface area (Å²) in [5, 5.41) is 3.00. The van der Waals surface area contributed by atoms with Gasteiger partial charge in [-0.2, -0.15) is 0 Å². The van der Waals surface area contributed by atoms with Crippen molar-refractivity contribution in [1.29, 1.82) is 0 Å². The molecule has 0 aliphatic rings. The van der Waals surface area contributed by atoms with Crippen LogP contribution in [0.3, 0.4) is 0 Å². The Hall–Kier alpha value is -0.830. The van der Waals surface area contributed by atoms with Crippen LogP contribution in [-0.4, -0.2) is 6.04 Å². The second-order valence-corrected chi connectivity index (χ2v) is 4.33. The van der Waals surface area contributed by atoms with Crippen LogP contribution in [0.15, 0.2) is 12.1 Å². The first-order valence-electron chi connectivity index (χ1n) is 4.83. The van der Waals surface area contributed by atoms with Gasteiger partial charge in [0.05, 0.1) is 10.7 Å². The summed E-state index contributed by atoms with van der Waals surface area (Å²) in [4.78, 5) is 0. The van der Waals surface area contributed by atoms with Crippen molar-refractivity contribution in [2.24, 2.45) is 5.92 Å². The molecular weight excluding hydrogens is 220 g/mol.